The molecule has 0 N–H and O–H groups in total. The van der Waals surface area contributed by atoms with Crippen LogP contribution in [0.15, 0.2) is 42.5 Å². The molecule has 0 aromatic heterocycles. The molecule has 0 bridgehead atoms. The maximum absolute atomic E-state index is 13.3. The first-order valence-corrected chi connectivity index (χ1v) is 5.25. The Labute approximate surface area is 103 Å². The van der Waals surface area contributed by atoms with Gasteiger partial charge in [-0.15, -0.1) is 0 Å². The second-order valence-corrected chi connectivity index (χ2v) is 3.79. The molecule has 0 spiro atoms. The van der Waals surface area contributed by atoms with Gasteiger partial charge >= 0.3 is 0 Å². The Balaban J connectivity index is 2.21. The van der Waals surface area contributed by atoms with Crippen LogP contribution in [-0.4, -0.2) is 6.29 Å². The van der Waals surface area contributed by atoms with Gasteiger partial charge in [0.05, 0.1) is 5.56 Å². The summed E-state index contributed by atoms with van der Waals surface area (Å²) < 4.78 is 18.7. The van der Waals surface area contributed by atoms with Crippen LogP contribution in [0.3, 0.4) is 0 Å². The molecule has 0 aliphatic rings. The van der Waals surface area contributed by atoms with Crippen LogP contribution in [0, 0.1) is 5.82 Å². The summed E-state index contributed by atoms with van der Waals surface area (Å²) in [6, 6.07) is 10.8. The third-order valence-electron chi connectivity index (χ3n) is 2.15. The van der Waals surface area contributed by atoms with Gasteiger partial charge in [-0.25, -0.2) is 4.39 Å². The van der Waals surface area contributed by atoms with E-state index in [-0.39, 0.29) is 5.56 Å². The van der Waals surface area contributed by atoms with Crippen molar-refractivity contribution in [3.05, 3.63) is 58.9 Å². The molecule has 0 amide bonds. The minimum absolute atomic E-state index is 0.00783. The third kappa shape index (κ3) is 2.82. The highest BCUT2D eigenvalue weighted by Gasteiger charge is 2.04. The van der Waals surface area contributed by atoms with Crippen molar-refractivity contribution >= 4 is 17.9 Å². The molecule has 2 aromatic carbocycles. The lowest BCUT2D eigenvalue weighted by Gasteiger charge is -2.06. The van der Waals surface area contributed by atoms with Gasteiger partial charge in [0.25, 0.3) is 0 Å². The van der Waals surface area contributed by atoms with E-state index in [1.54, 1.807) is 24.3 Å². The Morgan fingerprint density at radius 1 is 1.06 bits per heavy atom. The van der Waals surface area contributed by atoms with Gasteiger partial charge in [0.1, 0.15) is 17.3 Å². The predicted octanol–water partition coefficient (Wildman–Crippen LogP) is 4.08. The summed E-state index contributed by atoms with van der Waals surface area (Å²) in [5.41, 5.74) is 0.00783. The summed E-state index contributed by atoms with van der Waals surface area (Å²) in [4.78, 5) is 10.4. The molecule has 0 radical (unpaired) electrons. The highest BCUT2D eigenvalue weighted by molar-refractivity contribution is 6.30. The van der Waals surface area contributed by atoms with E-state index >= 15 is 0 Å². The molecule has 2 aromatic rings. The van der Waals surface area contributed by atoms with Crippen molar-refractivity contribution in [2.75, 3.05) is 0 Å². The predicted molar refractivity (Wildman–Crippen MR) is 63.3 cm³/mol. The molecular weight excluding hydrogens is 243 g/mol. The van der Waals surface area contributed by atoms with E-state index in [1.165, 1.54) is 18.2 Å². The van der Waals surface area contributed by atoms with Crippen LogP contribution in [0.4, 0.5) is 4.39 Å². The molecule has 0 aliphatic carbocycles. The smallest absolute Gasteiger partial charge is 0.152 e. The van der Waals surface area contributed by atoms with E-state index < -0.39 is 5.82 Å². The number of carbonyl (C=O) groups excluding carboxylic acids is 1. The molecule has 4 heteroatoms. The maximum Gasteiger partial charge on any atom is 0.152 e. The second-order valence-electron chi connectivity index (χ2n) is 3.36. The number of ether oxygens (including phenoxy) is 1. The first kappa shape index (κ1) is 11.6. The lowest BCUT2D eigenvalue weighted by molar-refractivity contribution is 0.112. The molecule has 0 heterocycles. The van der Waals surface area contributed by atoms with Gasteiger partial charge < -0.3 is 4.74 Å². The zero-order valence-corrected chi connectivity index (χ0v) is 9.45. The molecule has 0 saturated carbocycles. The summed E-state index contributed by atoms with van der Waals surface area (Å²) in [5.74, 6) is 0.273. The summed E-state index contributed by atoms with van der Waals surface area (Å²) in [6.45, 7) is 0. The zero-order chi connectivity index (χ0) is 12.3. The van der Waals surface area contributed by atoms with E-state index in [0.29, 0.717) is 22.8 Å². The molecule has 0 unspecified atom stereocenters. The van der Waals surface area contributed by atoms with Crippen LogP contribution in [-0.2, 0) is 0 Å². The normalized spacial score (nSPS) is 10.0. The van der Waals surface area contributed by atoms with Gasteiger partial charge in [-0.1, -0.05) is 11.6 Å². The monoisotopic (exact) mass is 250 g/mol. The molecule has 2 nitrogen and oxygen atoms in total. The van der Waals surface area contributed by atoms with Crippen molar-refractivity contribution in [1.29, 1.82) is 0 Å². The Kier molecular flexibility index (Phi) is 3.40. The van der Waals surface area contributed by atoms with Gasteiger partial charge in [-0.3, -0.25) is 4.79 Å². The van der Waals surface area contributed by atoms with E-state index in [1.807, 2.05) is 0 Å². The minimum Gasteiger partial charge on any atom is -0.457 e. The Morgan fingerprint density at radius 2 is 1.71 bits per heavy atom. The van der Waals surface area contributed by atoms with Crippen molar-refractivity contribution in [3.8, 4) is 11.5 Å². The van der Waals surface area contributed by atoms with Crippen molar-refractivity contribution in [1.82, 2.24) is 0 Å². The maximum atomic E-state index is 13.3. The van der Waals surface area contributed by atoms with Crippen molar-refractivity contribution in [2.24, 2.45) is 0 Å². The quantitative estimate of drug-likeness (QED) is 0.767. The van der Waals surface area contributed by atoms with E-state index in [9.17, 15) is 9.18 Å². The lowest BCUT2D eigenvalue weighted by atomic mass is 10.2. The van der Waals surface area contributed by atoms with E-state index in [4.69, 9.17) is 16.3 Å². The van der Waals surface area contributed by atoms with E-state index in [0.717, 1.165) is 0 Å². The van der Waals surface area contributed by atoms with E-state index in [2.05, 4.69) is 0 Å². The van der Waals surface area contributed by atoms with Gasteiger partial charge in [0.15, 0.2) is 6.29 Å². The number of hydrogen-bond acceptors (Lipinski definition) is 2. The number of rotatable bonds is 3. The van der Waals surface area contributed by atoms with Crippen LogP contribution >= 0.6 is 11.6 Å². The van der Waals surface area contributed by atoms with Crippen molar-refractivity contribution in [2.45, 2.75) is 0 Å². The molecule has 86 valence electrons. The van der Waals surface area contributed by atoms with Crippen LogP contribution in [0.25, 0.3) is 0 Å². The number of carbonyl (C=O) groups is 1. The molecule has 0 fully saturated rings. The Bertz CT molecular complexity index is 538. The second kappa shape index (κ2) is 4.97. The first-order chi connectivity index (χ1) is 8.19. The van der Waals surface area contributed by atoms with Crippen molar-refractivity contribution in [3.63, 3.8) is 0 Å². The first-order valence-electron chi connectivity index (χ1n) is 4.87. The average molecular weight is 251 g/mol. The largest absolute Gasteiger partial charge is 0.457 e. The van der Waals surface area contributed by atoms with Gasteiger partial charge in [-0.05, 0) is 36.4 Å². The average Bonchev–Trinajstić information content (AvgIpc) is 2.32. The SMILES string of the molecule is O=Cc1ccc(Oc2ccc(Cl)cc2)cc1F. The van der Waals surface area contributed by atoms with Crippen LogP contribution in [0.2, 0.25) is 5.02 Å². The van der Waals surface area contributed by atoms with Gasteiger partial charge in [0, 0.05) is 11.1 Å². The fourth-order valence-electron chi connectivity index (χ4n) is 1.31. The zero-order valence-electron chi connectivity index (χ0n) is 8.69. The molecule has 17 heavy (non-hydrogen) atoms. The van der Waals surface area contributed by atoms with Gasteiger partial charge in [-0.2, -0.15) is 0 Å². The summed E-state index contributed by atoms with van der Waals surface area (Å²) in [7, 11) is 0. The van der Waals surface area contributed by atoms with Crippen LogP contribution in [0.5, 0.6) is 11.5 Å². The molecule has 2 rings (SSSR count). The Morgan fingerprint density at radius 3 is 2.29 bits per heavy atom. The number of halogens is 2. The fraction of sp³-hybridized carbons (Fsp3) is 0. The summed E-state index contributed by atoms with van der Waals surface area (Å²) in [6.07, 6.45) is 0.460. The molecule has 0 aliphatic heterocycles. The van der Waals surface area contributed by atoms with Gasteiger partial charge in [0.2, 0.25) is 0 Å². The molecular formula is C13H8ClFO2. The summed E-state index contributed by atoms with van der Waals surface area (Å²) in [5, 5.41) is 0.597. The van der Waals surface area contributed by atoms with Crippen molar-refractivity contribution < 1.29 is 13.9 Å². The van der Waals surface area contributed by atoms with Crippen LogP contribution in [0.1, 0.15) is 10.4 Å². The molecule has 0 atom stereocenters. The van der Waals surface area contributed by atoms with Crippen LogP contribution < -0.4 is 4.74 Å². The Hall–Kier alpha value is -1.87. The topological polar surface area (TPSA) is 26.3 Å². The number of benzene rings is 2. The highest BCUT2D eigenvalue weighted by atomic mass is 35.5. The summed E-state index contributed by atoms with van der Waals surface area (Å²) >= 11 is 5.73. The number of aldehydes is 1. The minimum atomic E-state index is -0.605. The highest BCUT2D eigenvalue weighted by Crippen LogP contribution is 2.24. The standard InChI is InChI=1S/C13H8ClFO2/c14-10-2-5-11(6-3-10)17-12-4-1-9(8-16)13(15)7-12/h1-8H. The number of hydrogen-bond donors (Lipinski definition) is 0. The lowest BCUT2D eigenvalue weighted by Crippen LogP contribution is -1.89. The third-order valence-corrected chi connectivity index (χ3v) is 2.40. The molecule has 0 saturated heterocycles. The fourth-order valence-corrected chi connectivity index (χ4v) is 1.43.